The lowest BCUT2D eigenvalue weighted by Crippen LogP contribution is -2.09. The van der Waals surface area contributed by atoms with Gasteiger partial charge in [-0.2, -0.15) is 4.57 Å². The van der Waals surface area contributed by atoms with E-state index in [9.17, 15) is 34.9 Å². The minimum absolute atomic E-state index is 0.535. The average molecular weight is 565 g/mol. The van der Waals surface area contributed by atoms with Crippen molar-refractivity contribution in [3.05, 3.63) is 100 Å². The standard InChI is InChI=1S/C18H9Cl3N3O10P/c19-16-10(22(25)26)4-1-7-13(16)32-35(31,33-14-8-2-5-11(17(14)20)23(27)28)34-15-9-3-6-12(18(15)21)24(29)30/h1-9H. The van der Waals surface area contributed by atoms with Crippen LogP contribution in [-0.4, -0.2) is 14.8 Å². The quantitative estimate of drug-likeness (QED) is 0.149. The van der Waals surface area contributed by atoms with Crippen molar-refractivity contribution in [3.63, 3.8) is 0 Å². The molecule has 0 fully saturated rings. The summed E-state index contributed by atoms with van der Waals surface area (Å²) in [5.74, 6) is -1.60. The minimum atomic E-state index is -5.04. The Kier molecular flexibility index (Phi) is 7.66. The van der Waals surface area contributed by atoms with Crippen molar-refractivity contribution in [3.8, 4) is 17.2 Å². The second-order valence-corrected chi connectivity index (χ2v) is 8.84. The van der Waals surface area contributed by atoms with Gasteiger partial charge >= 0.3 is 7.82 Å². The summed E-state index contributed by atoms with van der Waals surface area (Å²) >= 11 is 17.9. The molecule has 13 nitrogen and oxygen atoms in total. The van der Waals surface area contributed by atoms with Crippen LogP contribution < -0.4 is 13.6 Å². The van der Waals surface area contributed by atoms with Gasteiger partial charge in [0.25, 0.3) is 17.1 Å². The Hall–Kier alpha value is -3.64. The van der Waals surface area contributed by atoms with E-state index >= 15 is 0 Å². The first kappa shape index (κ1) is 26.0. The fraction of sp³-hybridized carbons (Fsp3) is 0. The van der Waals surface area contributed by atoms with Crippen LogP contribution in [0, 0.1) is 30.3 Å². The van der Waals surface area contributed by atoms with Crippen LogP contribution in [0.25, 0.3) is 0 Å². The number of rotatable bonds is 9. The summed E-state index contributed by atoms with van der Waals surface area (Å²) in [7, 11) is -5.04. The second-order valence-electron chi connectivity index (χ2n) is 6.26. The maximum absolute atomic E-state index is 13.7. The summed E-state index contributed by atoms with van der Waals surface area (Å²) in [5, 5.41) is 31.8. The van der Waals surface area contributed by atoms with Crippen molar-refractivity contribution >= 4 is 59.7 Å². The summed E-state index contributed by atoms with van der Waals surface area (Å²) in [6.45, 7) is 0. The van der Waals surface area contributed by atoms with Crippen LogP contribution in [0.5, 0.6) is 17.2 Å². The van der Waals surface area contributed by atoms with Gasteiger partial charge in [-0.3, -0.25) is 30.3 Å². The van der Waals surface area contributed by atoms with Crippen molar-refractivity contribution < 1.29 is 32.9 Å². The number of hydrogen-bond acceptors (Lipinski definition) is 10. The molecule has 0 bridgehead atoms. The molecular weight excluding hydrogens is 556 g/mol. The average Bonchev–Trinajstić information content (AvgIpc) is 2.77. The van der Waals surface area contributed by atoms with E-state index in [1.165, 1.54) is 0 Å². The first-order valence-corrected chi connectivity index (χ1v) is 11.5. The molecule has 0 heterocycles. The largest absolute Gasteiger partial charge is 0.647 e. The lowest BCUT2D eigenvalue weighted by atomic mass is 10.3. The highest BCUT2D eigenvalue weighted by Gasteiger charge is 2.38. The van der Waals surface area contributed by atoms with Crippen LogP contribution in [0.3, 0.4) is 0 Å². The fourth-order valence-electron chi connectivity index (χ4n) is 2.55. The van der Waals surface area contributed by atoms with Crippen LogP contribution in [0.1, 0.15) is 0 Å². The lowest BCUT2D eigenvalue weighted by Gasteiger charge is -2.20. The van der Waals surface area contributed by atoms with E-state index in [4.69, 9.17) is 48.4 Å². The normalized spacial score (nSPS) is 10.9. The van der Waals surface area contributed by atoms with E-state index < -0.39 is 72.0 Å². The van der Waals surface area contributed by atoms with Crippen molar-refractivity contribution in [2.45, 2.75) is 0 Å². The van der Waals surface area contributed by atoms with Crippen molar-refractivity contribution in [2.24, 2.45) is 0 Å². The zero-order chi connectivity index (χ0) is 25.9. The van der Waals surface area contributed by atoms with Gasteiger partial charge < -0.3 is 13.6 Å². The minimum Gasteiger partial charge on any atom is -0.384 e. The van der Waals surface area contributed by atoms with Crippen molar-refractivity contribution in [1.82, 2.24) is 0 Å². The maximum atomic E-state index is 13.7. The lowest BCUT2D eigenvalue weighted by molar-refractivity contribution is -0.384. The number of halogens is 3. The van der Waals surface area contributed by atoms with Crippen LogP contribution in [0.2, 0.25) is 15.1 Å². The summed E-state index contributed by atoms with van der Waals surface area (Å²) in [5.41, 5.74) is -1.84. The molecule has 3 aromatic rings. The monoisotopic (exact) mass is 563 g/mol. The van der Waals surface area contributed by atoms with Crippen LogP contribution in [0.4, 0.5) is 17.1 Å². The highest BCUT2D eigenvalue weighted by molar-refractivity contribution is 7.49. The molecule has 182 valence electrons. The topological polar surface area (TPSA) is 174 Å². The van der Waals surface area contributed by atoms with Gasteiger partial charge in [-0.05, 0) is 18.2 Å². The zero-order valence-corrected chi connectivity index (χ0v) is 19.9. The summed E-state index contributed by atoms with van der Waals surface area (Å²) < 4.78 is 29.4. The molecule has 0 aliphatic rings. The van der Waals surface area contributed by atoms with E-state index in [1.807, 2.05) is 0 Å². The molecule has 0 unspecified atom stereocenters. The third-order valence-corrected chi connectivity index (χ3v) is 6.45. The molecule has 0 atom stereocenters. The molecule has 0 aliphatic carbocycles. The molecule has 0 radical (unpaired) electrons. The predicted octanol–water partition coefficient (Wildman–Crippen LogP) is 7.02. The Labute approximate surface area is 209 Å². The summed E-state index contributed by atoms with van der Waals surface area (Å²) in [6.07, 6.45) is 0. The number of phosphoric acid groups is 1. The zero-order valence-electron chi connectivity index (χ0n) is 16.7. The Morgan fingerprint density at radius 3 is 1.06 bits per heavy atom. The molecule has 0 aliphatic heterocycles. The Morgan fingerprint density at radius 2 is 0.829 bits per heavy atom. The molecule has 3 rings (SSSR count). The number of phosphoric ester groups is 1. The van der Waals surface area contributed by atoms with E-state index in [0.717, 1.165) is 54.6 Å². The SMILES string of the molecule is O=[N+]([O-])c1cccc(OP(=O)(Oc2cccc([N+](=O)[O-])c2Cl)Oc2cccc([N+](=O)[O-])c2Cl)c1Cl. The first-order valence-electron chi connectivity index (χ1n) is 8.91. The van der Waals surface area contributed by atoms with E-state index in [-0.39, 0.29) is 0 Å². The predicted molar refractivity (Wildman–Crippen MR) is 124 cm³/mol. The molecule has 0 spiro atoms. The highest BCUT2D eigenvalue weighted by atomic mass is 35.5. The third-order valence-electron chi connectivity index (χ3n) is 4.05. The van der Waals surface area contributed by atoms with Gasteiger partial charge in [0.15, 0.2) is 32.3 Å². The van der Waals surface area contributed by atoms with Gasteiger partial charge in [-0.15, -0.1) is 0 Å². The van der Waals surface area contributed by atoms with Gasteiger partial charge in [0, 0.05) is 18.2 Å². The molecule has 0 saturated carbocycles. The number of nitro benzene ring substituents is 3. The second kappa shape index (κ2) is 10.3. The third kappa shape index (κ3) is 5.72. The number of nitrogens with zero attached hydrogens (tertiary/aromatic N) is 3. The van der Waals surface area contributed by atoms with Gasteiger partial charge in [0.05, 0.1) is 14.8 Å². The summed E-state index contributed by atoms with van der Waals surface area (Å²) in [4.78, 5) is 31.0. The van der Waals surface area contributed by atoms with Crippen molar-refractivity contribution in [2.75, 3.05) is 0 Å². The Balaban J connectivity index is 2.12. The van der Waals surface area contributed by atoms with Crippen molar-refractivity contribution in [1.29, 1.82) is 0 Å². The number of hydrogen-bond donors (Lipinski definition) is 0. The Morgan fingerprint density at radius 1 is 0.571 bits per heavy atom. The summed E-state index contributed by atoms with van der Waals surface area (Å²) in [6, 6.07) is 9.87. The highest BCUT2D eigenvalue weighted by Crippen LogP contribution is 2.55. The van der Waals surface area contributed by atoms with Gasteiger partial charge in [0.1, 0.15) is 0 Å². The number of benzene rings is 3. The molecule has 0 N–H and O–H groups in total. The van der Waals surface area contributed by atoms with Gasteiger partial charge in [0.2, 0.25) is 0 Å². The maximum Gasteiger partial charge on any atom is 0.647 e. The van der Waals surface area contributed by atoms with Crippen LogP contribution >= 0.6 is 42.6 Å². The molecule has 0 amide bonds. The molecular formula is C18H9Cl3N3O10P. The van der Waals surface area contributed by atoms with Crippen LogP contribution in [0.15, 0.2) is 54.6 Å². The Bertz CT molecular complexity index is 1240. The van der Waals surface area contributed by atoms with E-state index in [1.54, 1.807) is 0 Å². The first-order chi connectivity index (χ1) is 16.4. The molecule has 0 saturated heterocycles. The smallest absolute Gasteiger partial charge is 0.384 e. The van der Waals surface area contributed by atoms with E-state index in [2.05, 4.69) is 0 Å². The van der Waals surface area contributed by atoms with E-state index in [0.29, 0.717) is 0 Å². The molecule has 0 aromatic heterocycles. The molecule has 35 heavy (non-hydrogen) atoms. The number of nitro groups is 3. The van der Waals surface area contributed by atoms with Gasteiger partial charge in [-0.25, -0.2) is 0 Å². The van der Waals surface area contributed by atoms with Gasteiger partial charge in [-0.1, -0.05) is 53.0 Å². The van der Waals surface area contributed by atoms with Crippen LogP contribution in [-0.2, 0) is 4.57 Å². The molecule has 3 aromatic carbocycles. The molecule has 17 heteroatoms. The fourth-order valence-corrected chi connectivity index (χ4v) is 4.70.